The second kappa shape index (κ2) is 6.05. The van der Waals surface area contributed by atoms with Crippen molar-refractivity contribution >= 4 is 28.3 Å². The highest BCUT2D eigenvalue weighted by atomic mass is 32.2. The van der Waals surface area contributed by atoms with Gasteiger partial charge in [0.05, 0.1) is 0 Å². The Morgan fingerprint density at radius 3 is 2.55 bits per heavy atom. The van der Waals surface area contributed by atoms with E-state index in [9.17, 15) is 4.79 Å². The molecule has 3 heteroatoms. The minimum Gasteiger partial charge on any atom is -0.303 e. The summed E-state index contributed by atoms with van der Waals surface area (Å²) in [6, 6.07) is 12.6. The van der Waals surface area contributed by atoms with Crippen molar-refractivity contribution in [2.75, 3.05) is 25.4 Å². The van der Waals surface area contributed by atoms with Gasteiger partial charge in [0.1, 0.15) is 0 Å². The van der Waals surface area contributed by atoms with Gasteiger partial charge in [-0.2, -0.15) is 0 Å². The summed E-state index contributed by atoms with van der Waals surface area (Å²) in [6.45, 7) is 3.27. The van der Waals surface area contributed by atoms with E-state index in [0.717, 1.165) is 17.9 Å². The molecule has 1 unspecified atom stereocenters. The van der Waals surface area contributed by atoms with Crippen molar-refractivity contribution in [2.24, 2.45) is 5.92 Å². The van der Waals surface area contributed by atoms with E-state index in [0.29, 0.717) is 5.78 Å². The van der Waals surface area contributed by atoms with E-state index in [-0.39, 0.29) is 5.92 Å². The first-order valence-corrected chi connectivity index (χ1v) is 9.22. The molecule has 0 aliphatic carbocycles. The molecule has 2 nitrogen and oxygen atoms in total. The molecule has 1 saturated heterocycles. The molecule has 114 valence electrons. The van der Waals surface area contributed by atoms with Gasteiger partial charge < -0.3 is 4.90 Å². The van der Waals surface area contributed by atoms with Gasteiger partial charge in [0, 0.05) is 28.7 Å². The number of carbonyl (C=O) groups excluding carboxylic acids is 1. The summed E-state index contributed by atoms with van der Waals surface area (Å²) in [5.74, 6) is 1.45. The molecule has 2 aliphatic heterocycles. The van der Waals surface area contributed by atoms with Gasteiger partial charge in [0.25, 0.3) is 0 Å². The molecule has 0 radical (unpaired) electrons. The van der Waals surface area contributed by atoms with E-state index < -0.39 is 0 Å². The number of fused-ring (bicyclic) bond motifs is 2. The van der Waals surface area contributed by atoms with Crippen molar-refractivity contribution in [3.05, 3.63) is 42.0 Å². The number of thioether (sulfide) groups is 1. The number of nitrogens with zero attached hydrogens (tertiary/aromatic N) is 1. The standard InChI is InChI=1S/C19H21NOS/c21-19-16(12-20-8-4-1-5-9-20)13-22-18-11-15-7-3-2-6-14(15)10-17(18)19/h2-3,6-7,10-11,16H,1,4-5,8-9,12-13H2. The number of ketones is 1. The normalized spacial score (nSPS) is 22.7. The molecule has 2 aromatic carbocycles. The molecule has 0 aromatic heterocycles. The van der Waals surface area contributed by atoms with Crippen molar-refractivity contribution in [3.63, 3.8) is 0 Å². The summed E-state index contributed by atoms with van der Waals surface area (Å²) in [5.41, 5.74) is 0.942. The maximum atomic E-state index is 12.9. The van der Waals surface area contributed by atoms with Crippen LogP contribution in [0.15, 0.2) is 41.3 Å². The number of likely N-dealkylation sites (tertiary alicyclic amines) is 1. The van der Waals surface area contributed by atoms with Gasteiger partial charge in [-0.15, -0.1) is 11.8 Å². The second-order valence-electron chi connectivity index (χ2n) is 6.43. The topological polar surface area (TPSA) is 20.3 Å². The second-order valence-corrected chi connectivity index (χ2v) is 7.49. The Hall–Kier alpha value is -1.32. The minimum absolute atomic E-state index is 0.164. The van der Waals surface area contributed by atoms with Crippen LogP contribution in [0.4, 0.5) is 0 Å². The Morgan fingerprint density at radius 2 is 1.77 bits per heavy atom. The van der Waals surface area contributed by atoms with Gasteiger partial charge in [0.15, 0.2) is 5.78 Å². The van der Waals surface area contributed by atoms with Gasteiger partial charge in [-0.25, -0.2) is 0 Å². The third-order valence-corrected chi connectivity index (χ3v) is 6.07. The molecular weight excluding hydrogens is 290 g/mol. The van der Waals surface area contributed by atoms with Gasteiger partial charge in [-0.1, -0.05) is 30.7 Å². The summed E-state index contributed by atoms with van der Waals surface area (Å²) >= 11 is 1.86. The highest BCUT2D eigenvalue weighted by Gasteiger charge is 2.30. The lowest BCUT2D eigenvalue weighted by Gasteiger charge is -2.31. The van der Waals surface area contributed by atoms with Crippen molar-refractivity contribution < 1.29 is 4.79 Å². The molecule has 0 amide bonds. The molecule has 0 saturated carbocycles. The third kappa shape index (κ3) is 2.68. The average Bonchev–Trinajstić information content (AvgIpc) is 2.57. The average molecular weight is 311 g/mol. The fraction of sp³-hybridized carbons (Fsp3) is 0.421. The van der Waals surface area contributed by atoms with Gasteiger partial charge in [-0.05, 0) is 48.8 Å². The maximum absolute atomic E-state index is 12.9. The zero-order valence-electron chi connectivity index (χ0n) is 12.8. The van der Waals surface area contributed by atoms with Gasteiger partial charge >= 0.3 is 0 Å². The first-order valence-electron chi connectivity index (χ1n) is 8.23. The summed E-state index contributed by atoms with van der Waals surface area (Å²) in [4.78, 5) is 16.5. The van der Waals surface area contributed by atoms with Crippen LogP contribution in [-0.4, -0.2) is 36.1 Å². The molecule has 4 rings (SSSR count). The molecule has 0 spiro atoms. The van der Waals surface area contributed by atoms with Crippen LogP contribution >= 0.6 is 11.8 Å². The van der Waals surface area contributed by atoms with Crippen LogP contribution in [-0.2, 0) is 0 Å². The molecule has 0 bridgehead atoms. The van der Waals surface area contributed by atoms with E-state index in [1.165, 1.54) is 48.0 Å². The Balaban J connectivity index is 1.60. The number of piperidine rings is 1. The fourth-order valence-corrected chi connectivity index (χ4v) is 4.77. The van der Waals surface area contributed by atoms with Gasteiger partial charge in [-0.3, -0.25) is 4.79 Å². The predicted molar refractivity (Wildman–Crippen MR) is 92.8 cm³/mol. The van der Waals surface area contributed by atoms with Crippen molar-refractivity contribution in [1.29, 1.82) is 0 Å². The SMILES string of the molecule is O=C1c2cc3ccccc3cc2SCC1CN1CCCCC1. The van der Waals surface area contributed by atoms with E-state index in [2.05, 4.69) is 35.2 Å². The number of Topliss-reactive ketones (excluding diaryl/α,β-unsaturated/α-hetero) is 1. The first kappa shape index (κ1) is 14.3. The third-order valence-electron chi connectivity index (χ3n) is 4.85. The zero-order valence-corrected chi connectivity index (χ0v) is 13.6. The number of carbonyl (C=O) groups is 1. The van der Waals surface area contributed by atoms with Crippen LogP contribution in [0.1, 0.15) is 29.6 Å². The molecule has 1 fully saturated rings. The number of hydrogen-bond donors (Lipinski definition) is 0. The van der Waals surface area contributed by atoms with Crippen LogP contribution in [0.5, 0.6) is 0 Å². The van der Waals surface area contributed by atoms with Crippen LogP contribution in [0, 0.1) is 5.92 Å². The van der Waals surface area contributed by atoms with Crippen molar-refractivity contribution in [1.82, 2.24) is 4.90 Å². The minimum atomic E-state index is 0.164. The molecule has 1 atom stereocenters. The zero-order chi connectivity index (χ0) is 14.9. The van der Waals surface area contributed by atoms with E-state index in [1.807, 2.05) is 17.8 Å². The number of rotatable bonds is 2. The Morgan fingerprint density at radius 1 is 1.05 bits per heavy atom. The quantitative estimate of drug-likeness (QED) is 0.828. The number of benzene rings is 2. The lowest BCUT2D eigenvalue weighted by molar-refractivity contribution is 0.0881. The lowest BCUT2D eigenvalue weighted by atomic mass is 9.95. The number of hydrogen-bond acceptors (Lipinski definition) is 3. The Kier molecular flexibility index (Phi) is 3.93. The summed E-state index contributed by atoms with van der Waals surface area (Å²) in [7, 11) is 0. The van der Waals surface area contributed by atoms with E-state index >= 15 is 0 Å². The molecule has 0 N–H and O–H groups in total. The first-order chi connectivity index (χ1) is 10.8. The Labute approximate surface area is 135 Å². The van der Waals surface area contributed by atoms with E-state index in [1.54, 1.807) is 0 Å². The maximum Gasteiger partial charge on any atom is 0.169 e. The smallest absolute Gasteiger partial charge is 0.169 e. The van der Waals surface area contributed by atoms with Gasteiger partial charge in [0.2, 0.25) is 0 Å². The highest BCUT2D eigenvalue weighted by molar-refractivity contribution is 7.99. The fourth-order valence-electron chi connectivity index (χ4n) is 3.61. The largest absolute Gasteiger partial charge is 0.303 e. The van der Waals surface area contributed by atoms with E-state index in [4.69, 9.17) is 0 Å². The van der Waals surface area contributed by atoms with Crippen LogP contribution in [0.3, 0.4) is 0 Å². The molecule has 2 heterocycles. The molecular formula is C19H21NOS. The molecule has 2 aromatic rings. The monoisotopic (exact) mass is 311 g/mol. The highest BCUT2D eigenvalue weighted by Crippen LogP contribution is 2.36. The van der Waals surface area contributed by atoms with Crippen LogP contribution in [0.25, 0.3) is 10.8 Å². The Bertz CT molecular complexity index is 706. The molecule has 2 aliphatic rings. The lowest BCUT2D eigenvalue weighted by Crippen LogP contribution is -2.38. The van der Waals surface area contributed by atoms with Crippen molar-refractivity contribution in [3.8, 4) is 0 Å². The summed E-state index contributed by atoms with van der Waals surface area (Å²) < 4.78 is 0. The van der Waals surface area contributed by atoms with Crippen LogP contribution < -0.4 is 0 Å². The summed E-state index contributed by atoms with van der Waals surface area (Å²) in [6.07, 6.45) is 3.92. The van der Waals surface area contributed by atoms with Crippen LogP contribution in [0.2, 0.25) is 0 Å². The molecule has 22 heavy (non-hydrogen) atoms. The summed E-state index contributed by atoms with van der Waals surface area (Å²) in [5, 5.41) is 2.41. The predicted octanol–water partition coefficient (Wildman–Crippen LogP) is 4.23. The van der Waals surface area contributed by atoms with Crippen molar-refractivity contribution in [2.45, 2.75) is 24.2 Å².